The zero-order chi connectivity index (χ0) is 7.52. The van der Waals surface area contributed by atoms with Crippen LogP contribution >= 0.6 is 0 Å². The van der Waals surface area contributed by atoms with Crippen molar-refractivity contribution in [3.63, 3.8) is 0 Å². The summed E-state index contributed by atoms with van der Waals surface area (Å²) in [5.74, 6) is 0. The minimum Gasteiger partial charge on any atom is -0.313 e. The van der Waals surface area contributed by atoms with Crippen LogP contribution in [0.1, 0.15) is 19.3 Å². The monoisotopic (exact) mass is 156 g/mol. The van der Waals surface area contributed by atoms with E-state index in [1.165, 1.54) is 25.8 Å². The molecule has 0 radical (unpaired) electrons. The minimum atomic E-state index is 0.688. The highest BCUT2D eigenvalue weighted by molar-refractivity contribution is 4.76. The zero-order valence-electron chi connectivity index (χ0n) is 6.88. The summed E-state index contributed by atoms with van der Waals surface area (Å²) in [4.78, 5) is 5.41. The second-order valence-electron chi connectivity index (χ2n) is 3.37. The summed E-state index contributed by atoms with van der Waals surface area (Å²) in [7, 11) is 0. The Kier molecular flexibility index (Phi) is 2.41. The van der Waals surface area contributed by atoms with Crippen molar-refractivity contribution < 1.29 is 4.84 Å². The Morgan fingerprint density at radius 3 is 3.09 bits per heavy atom. The maximum absolute atomic E-state index is 5.41. The predicted molar refractivity (Wildman–Crippen MR) is 43.2 cm³/mol. The first-order valence-corrected chi connectivity index (χ1v) is 4.56. The van der Waals surface area contributed by atoms with Crippen LogP contribution in [0.25, 0.3) is 0 Å². The van der Waals surface area contributed by atoms with E-state index in [0.717, 1.165) is 19.7 Å². The van der Waals surface area contributed by atoms with Crippen LogP contribution < -0.4 is 5.32 Å². The summed E-state index contributed by atoms with van der Waals surface area (Å²) in [6.07, 6.45) is 3.85. The molecule has 1 N–H and O–H groups in total. The average molecular weight is 156 g/mol. The van der Waals surface area contributed by atoms with E-state index in [-0.39, 0.29) is 0 Å². The fourth-order valence-electron chi connectivity index (χ4n) is 1.80. The molecule has 2 aliphatic rings. The lowest BCUT2D eigenvalue weighted by molar-refractivity contribution is -0.113. The van der Waals surface area contributed by atoms with Gasteiger partial charge in [-0.1, -0.05) is 0 Å². The van der Waals surface area contributed by atoms with Crippen molar-refractivity contribution in [1.29, 1.82) is 0 Å². The highest BCUT2D eigenvalue weighted by atomic mass is 16.7. The first-order valence-electron chi connectivity index (χ1n) is 4.56. The molecule has 0 saturated carbocycles. The topological polar surface area (TPSA) is 24.5 Å². The molecule has 1 unspecified atom stereocenters. The molecule has 2 rings (SSSR count). The SMILES string of the molecule is C1CNC(CN2CCCO2)C1. The molecule has 0 aliphatic carbocycles. The van der Waals surface area contributed by atoms with Gasteiger partial charge in [0.25, 0.3) is 0 Å². The summed E-state index contributed by atoms with van der Waals surface area (Å²) in [6.45, 7) is 4.32. The van der Waals surface area contributed by atoms with Crippen LogP contribution in [0.15, 0.2) is 0 Å². The molecule has 0 bridgehead atoms. The summed E-state index contributed by atoms with van der Waals surface area (Å²) in [5.41, 5.74) is 0. The Morgan fingerprint density at radius 1 is 1.45 bits per heavy atom. The van der Waals surface area contributed by atoms with Gasteiger partial charge in [-0.3, -0.25) is 4.84 Å². The largest absolute Gasteiger partial charge is 0.313 e. The van der Waals surface area contributed by atoms with Gasteiger partial charge in [0.05, 0.1) is 6.61 Å². The average Bonchev–Trinajstić information content (AvgIpc) is 2.60. The Hall–Kier alpha value is -0.120. The molecule has 2 heterocycles. The molecule has 11 heavy (non-hydrogen) atoms. The van der Waals surface area contributed by atoms with E-state index in [9.17, 15) is 0 Å². The molecule has 1 atom stereocenters. The molecule has 0 aromatic rings. The molecule has 2 aliphatic heterocycles. The molecule has 2 fully saturated rings. The number of nitrogens with one attached hydrogen (secondary N) is 1. The second-order valence-corrected chi connectivity index (χ2v) is 3.37. The van der Waals surface area contributed by atoms with E-state index >= 15 is 0 Å². The van der Waals surface area contributed by atoms with E-state index in [1.54, 1.807) is 0 Å². The van der Waals surface area contributed by atoms with Gasteiger partial charge in [0.2, 0.25) is 0 Å². The fraction of sp³-hybridized carbons (Fsp3) is 1.00. The summed E-state index contributed by atoms with van der Waals surface area (Å²) in [6, 6.07) is 0.688. The van der Waals surface area contributed by atoms with E-state index in [1.807, 2.05) is 0 Å². The van der Waals surface area contributed by atoms with Crippen LogP contribution in [-0.4, -0.2) is 37.3 Å². The summed E-state index contributed by atoms with van der Waals surface area (Å²) in [5, 5.41) is 5.56. The lowest BCUT2D eigenvalue weighted by atomic mass is 10.2. The second kappa shape index (κ2) is 3.52. The van der Waals surface area contributed by atoms with Crippen molar-refractivity contribution >= 4 is 0 Å². The third kappa shape index (κ3) is 1.92. The molecule has 64 valence electrons. The maximum Gasteiger partial charge on any atom is 0.0698 e. The molecular formula is C8H16N2O. The van der Waals surface area contributed by atoms with Gasteiger partial charge >= 0.3 is 0 Å². The molecule has 0 spiro atoms. The smallest absolute Gasteiger partial charge is 0.0698 e. The van der Waals surface area contributed by atoms with Gasteiger partial charge in [0.15, 0.2) is 0 Å². The Labute approximate surface area is 67.7 Å². The Bertz CT molecular complexity index is 103. The van der Waals surface area contributed by atoms with Gasteiger partial charge in [0, 0.05) is 19.1 Å². The highest BCUT2D eigenvalue weighted by Gasteiger charge is 2.20. The number of rotatable bonds is 2. The van der Waals surface area contributed by atoms with Crippen molar-refractivity contribution in [2.45, 2.75) is 25.3 Å². The predicted octanol–water partition coefficient (Wildman–Crippen LogP) is 0.376. The summed E-state index contributed by atoms with van der Waals surface area (Å²) < 4.78 is 0. The number of hydrogen-bond donors (Lipinski definition) is 1. The quantitative estimate of drug-likeness (QED) is 0.625. The Morgan fingerprint density at radius 2 is 2.45 bits per heavy atom. The first kappa shape index (κ1) is 7.53. The van der Waals surface area contributed by atoms with Gasteiger partial charge in [-0.15, -0.1) is 0 Å². The number of hydroxylamine groups is 2. The van der Waals surface area contributed by atoms with Crippen molar-refractivity contribution in [3.05, 3.63) is 0 Å². The van der Waals surface area contributed by atoms with Gasteiger partial charge < -0.3 is 5.32 Å². The summed E-state index contributed by atoms with van der Waals surface area (Å²) >= 11 is 0. The van der Waals surface area contributed by atoms with Gasteiger partial charge in [-0.2, -0.15) is 5.06 Å². The third-order valence-electron chi connectivity index (χ3n) is 2.41. The molecule has 3 nitrogen and oxygen atoms in total. The molecular weight excluding hydrogens is 140 g/mol. The van der Waals surface area contributed by atoms with Crippen molar-refractivity contribution in [2.24, 2.45) is 0 Å². The van der Waals surface area contributed by atoms with E-state index in [4.69, 9.17) is 4.84 Å². The zero-order valence-corrected chi connectivity index (χ0v) is 6.88. The lowest BCUT2D eigenvalue weighted by Gasteiger charge is -2.18. The minimum absolute atomic E-state index is 0.688. The van der Waals surface area contributed by atoms with E-state index < -0.39 is 0 Å². The van der Waals surface area contributed by atoms with Gasteiger partial charge in [-0.05, 0) is 25.8 Å². The Balaban J connectivity index is 1.71. The first-order chi connectivity index (χ1) is 5.45. The van der Waals surface area contributed by atoms with Crippen LogP contribution in [-0.2, 0) is 4.84 Å². The van der Waals surface area contributed by atoms with Crippen LogP contribution in [0.3, 0.4) is 0 Å². The van der Waals surface area contributed by atoms with E-state index in [2.05, 4.69) is 10.4 Å². The standard InChI is InChI=1S/C8H16N2O/c1-3-8(9-4-1)7-10-5-2-6-11-10/h8-9H,1-7H2. The van der Waals surface area contributed by atoms with Crippen molar-refractivity contribution in [1.82, 2.24) is 10.4 Å². The molecule has 0 aromatic heterocycles. The van der Waals surface area contributed by atoms with Crippen LogP contribution in [0.4, 0.5) is 0 Å². The molecule has 0 aromatic carbocycles. The van der Waals surface area contributed by atoms with Gasteiger partial charge in [0.1, 0.15) is 0 Å². The molecule has 3 heteroatoms. The van der Waals surface area contributed by atoms with Crippen LogP contribution in [0, 0.1) is 0 Å². The number of nitrogens with zero attached hydrogens (tertiary/aromatic N) is 1. The van der Waals surface area contributed by atoms with Crippen LogP contribution in [0.2, 0.25) is 0 Å². The van der Waals surface area contributed by atoms with Gasteiger partial charge in [-0.25, -0.2) is 0 Å². The normalized spacial score (nSPS) is 33.3. The van der Waals surface area contributed by atoms with Crippen molar-refractivity contribution in [3.8, 4) is 0 Å². The highest BCUT2D eigenvalue weighted by Crippen LogP contribution is 2.10. The van der Waals surface area contributed by atoms with Crippen LogP contribution in [0.5, 0.6) is 0 Å². The molecule has 2 saturated heterocycles. The third-order valence-corrected chi connectivity index (χ3v) is 2.41. The fourth-order valence-corrected chi connectivity index (χ4v) is 1.80. The molecule has 0 amide bonds. The van der Waals surface area contributed by atoms with Crippen molar-refractivity contribution in [2.75, 3.05) is 26.2 Å². The maximum atomic E-state index is 5.41. The number of hydrogen-bond acceptors (Lipinski definition) is 3. The van der Waals surface area contributed by atoms with E-state index in [0.29, 0.717) is 6.04 Å². The lowest BCUT2D eigenvalue weighted by Crippen LogP contribution is -2.35.